The van der Waals surface area contributed by atoms with Gasteiger partial charge in [0, 0.05) is 6.54 Å². The Hall–Kier alpha value is -2.30. The molecule has 1 saturated heterocycles. The fraction of sp³-hybridized carbons (Fsp3) is 0.462. The summed E-state index contributed by atoms with van der Waals surface area (Å²) in [6.45, 7) is 3.12. The van der Waals surface area contributed by atoms with Gasteiger partial charge in [-0.25, -0.2) is 18.7 Å². The fourth-order valence-electron chi connectivity index (χ4n) is 2.68. The highest BCUT2D eigenvalue weighted by Gasteiger charge is 2.46. The third-order valence-electron chi connectivity index (χ3n) is 3.76. The van der Waals surface area contributed by atoms with Crippen LogP contribution in [0.1, 0.15) is 6.23 Å². The van der Waals surface area contributed by atoms with Crippen LogP contribution < -0.4 is 11.4 Å². The molecule has 0 spiro atoms. The first kappa shape index (κ1) is 15.6. The Balaban J connectivity index is 2.21. The molecular formula is C13H16FN5O4. The number of alkyl halides is 1. The monoisotopic (exact) mass is 325 g/mol. The molecule has 0 aliphatic carbocycles. The molecule has 0 radical (unpaired) electrons. The maximum Gasteiger partial charge on any atom is 0.332 e. The molecule has 2 aromatic rings. The van der Waals surface area contributed by atoms with E-state index in [2.05, 4.69) is 16.5 Å². The summed E-state index contributed by atoms with van der Waals surface area (Å²) in [5.41, 5.74) is 5.44. The van der Waals surface area contributed by atoms with Gasteiger partial charge in [0.1, 0.15) is 17.7 Å². The highest BCUT2D eigenvalue weighted by Crippen LogP contribution is 2.32. The molecule has 4 atom stereocenters. The molecule has 0 aromatic carbocycles. The first-order valence-corrected chi connectivity index (χ1v) is 6.92. The van der Waals surface area contributed by atoms with E-state index in [1.54, 1.807) is 0 Å². The molecule has 4 N–H and O–H groups in total. The average Bonchev–Trinajstić information content (AvgIpc) is 2.95. The summed E-state index contributed by atoms with van der Waals surface area (Å²) < 4.78 is 21.6. The van der Waals surface area contributed by atoms with E-state index in [0.717, 1.165) is 4.57 Å². The van der Waals surface area contributed by atoms with Crippen LogP contribution in [0, 0.1) is 0 Å². The van der Waals surface area contributed by atoms with Crippen molar-refractivity contribution in [2.45, 2.75) is 31.2 Å². The van der Waals surface area contributed by atoms with Gasteiger partial charge in [0.25, 0.3) is 0 Å². The number of nitrogen functional groups attached to an aromatic ring is 1. The van der Waals surface area contributed by atoms with Gasteiger partial charge in [-0.3, -0.25) is 4.57 Å². The molecule has 124 valence electrons. The van der Waals surface area contributed by atoms with Gasteiger partial charge >= 0.3 is 5.69 Å². The summed E-state index contributed by atoms with van der Waals surface area (Å²) >= 11 is 0. The maximum absolute atomic E-state index is 14.0. The number of nitrogens with zero attached hydrogens (tertiary/aromatic N) is 4. The van der Waals surface area contributed by atoms with Crippen molar-refractivity contribution >= 4 is 17.1 Å². The predicted octanol–water partition coefficient (Wildman–Crippen LogP) is -1.05. The van der Waals surface area contributed by atoms with Crippen LogP contribution >= 0.6 is 0 Å². The third-order valence-corrected chi connectivity index (χ3v) is 3.76. The third kappa shape index (κ3) is 2.31. The van der Waals surface area contributed by atoms with Crippen LogP contribution in [0.5, 0.6) is 0 Å². The Morgan fingerprint density at radius 3 is 2.91 bits per heavy atom. The SMILES string of the molecule is C=CCn1c(=O)n([C@@H]2O[C@H](CO)[C@@H](F)[C@H]2O)c2nc(N)ncc21. The predicted molar refractivity (Wildman–Crippen MR) is 78.3 cm³/mol. The number of imidazole rings is 1. The second kappa shape index (κ2) is 5.72. The van der Waals surface area contributed by atoms with Gasteiger partial charge in [0.15, 0.2) is 18.0 Å². The van der Waals surface area contributed by atoms with Crippen molar-refractivity contribution in [3.8, 4) is 0 Å². The first-order valence-electron chi connectivity index (χ1n) is 6.92. The highest BCUT2D eigenvalue weighted by molar-refractivity contribution is 5.72. The molecule has 23 heavy (non-hydrogen) atoms. The maximum atomic E-state index is 14.0. The Bertz CT molecular complexity index is 803. The zero-order valence-electron chi connectivity index (χ0n) is 12.0. The summed E-state index contributed by atoms with van der Waals surface area (Å²) in [5, 5.41) is 19.1. The van der Waals surface area contributed by atoms with Crippen LogP contribution in [0.25, 0.3) is 11.2 Å². The number of hydrogen-bond donors (Lipinski definition) is 3. The van der Waals surface area contributed by atoms with Crippen molar-refractivity contribution in [1.29, 1.82) is 0 Å². The molecule has 2 aromatic heterocycles. The van der Waals surface area contributed by atoms with Crippen molar-refractivity contribution in [2.75, 3.05) is 12.3 Å². The Labute approximate surface area is 129 Å². The second-order valence-electron chi connectivity index (χ2n) is 5.17. The van der Waals surface area contributed by atoms with Crippen molar-refractivity contribution in [3.63, 3.8) is 0 Å². The van der Waals surface area contributed by atoms with Crippen molar-refractivity contribution in [2.24, 2.45) is 0 Å². The van der Waals surface area contributed by atoms with E-state index in [0.29, 0.717) is 5.52 Å². The van der Waals surface area contributed by atoms with Gasteiger partial charge in [0.05, 0.1) is 12.8 Å². The Morgan fingerprint density at radius 1 is 1.57 bits per heavy atom. The smallest absolute Gasteiger partial charge is 0.332 e. The number of aliphatic hydroxyl groups excluding tert-OH is 2. The first-order chi connectivity index (χ1) is 11.0. The lowest BCUT2D eigenvalue weighted by atomic mass is 10.1. The highest BCUT2D eigenvalue weighted by atomic mass is 19.1. The van der Waals surface area contributed by atoms with Crippen LogP contribution in [-0.2, 0) is 11.3 Å². The summed E-state index contributed by atoms with van der Waals surface area (Å²) in [6.07, 6.45) is -3.13. The summed E-state index contributed by atoms with van der Waals surface area (Å²) in [7, 11) is 0. The van der Waals surface area contributed by atoms with Gasteiger partial charge < -0.3 is 20.7 Å². The van der Waals surface area contributed by atoms with E-state index in [-0.39, 0.29) is 18.1 Å². The molecule has 0 bridgehead atoms. The summed E-state index contributed by atoms with van der Waals surface area (Å²) in [5.74, 6) is -0.0787. The number of halogens is 1. The van der Waals surface area contributed by atoms with Crippen molar-refractivity contribution in [1.82, 2.24) is 19.1 Å². The summed E-state index contributed by atoms with van der Waals surface area (Å²) in [6, 6.07) is 0. The lowest BCUT2D eigenvalue weighted by molar-refractivity contribution is -0.0513. The summed E-state index contributed by atoms with van der Waals surface area (Å²) in [4.78, 5) is 20.4. The molecule has 0 unspecified atom stereocenters. The van der Waals surface area contributed by atoms with Gasteiger partial charge in [-0.15, -0.1) is 6.58 Å². The molecule has 10 heteroatoms. The van der Waals surface area contributed by atoms with Crippen molar-refractivity contribution in [3.05, 3.63) is 29.3 Å². The number of ether oxygens (including phenoxy) is 1. The van der Waals surface area contributed by atoms with Crippen LogP contribution in [0.4, 0.5) is 10.3 Å². The van der Waals surface area contributed by atoms with E-state index in [1.165, 1.54) is 16.8 Å². The lowest BCUT2D eigenvalue weighted by Gasteiger charge is -2.15. The number of aliphatic hydroxyl groups is 2. The normalized spacial score (nSPS) is 27.6. The molecular weight excluding hydrogens is 309 g/mol. The molecule has 9 nitrogen and oxygen atoms in total. The molecule has 1 aliphatic heterocycles. The van der Waals surface area contributed by atoms with Crippen LogP contribution in [0.2, 0.25) is 0 Å². The Morgan fingerprint density at radius 2 is 2.30 bits per heavy atom. The number of nitrogens with two attached hydrogens (primary N) is 1. The molecule has 0 amide bonds. The van der Waals surface area contributed by atoms with Crippen LogP contribution in [0.3, 0.4) is 0 Å². The van der Waals surface area contributed by atoms with E-state index in [4.69, 9.17) is 15.6 Å². The lowest BCUT2D eigenvalue weighted by Crippen LogP contribution is -2.34. The van der Waals surface area contributed by atoms with E-state index in [1.807, 2.05) is 0 Å². The van der Waals surface area contributed by atoms with Gasteiger partial charge in [-0.2, -0.15) is 4.98 Å². The van der Waals surface area contributed by atoms with Crippen LogP contribution in [0.15, 0.2) is 23.6 Å². The quantitative estimate of drug-likeness (QED) is 0.612. The van der Waals surface area contributed by atoms with E-state index < -0.39 is 36.9 Å². The second-order valence-corrected chi connectivity index (χ2v) is 5.17. The Kier molecular flexibility index (Phi) is 3.88. The minimum atomic E-state index is -1.83. The number of fused-ring (bicyclic) bond motifs is 1. The van der Waals surface area contributed by atoms with Crippen LogP contribution in [-0.4, -0.2) is 54.3 Å². The zero-order chi connectivity index (χ0) is 16.7. The fourth-order valence-corrected chi connectivity index (χ4v) is 2.68. The molecule has 3 rings (SSSR count). The van der Waals surface area contributed by atoms with E-state index >= 15 is 0 Å². The standard InChI is InChI=1S/C13H16FN5O4/c1-2-3-18-6-4-16-12(15)17-10(6)19(13(18)22)11-9(21)8(14)7(5-20)23-11/h2,4,7-9,11,20-21H,1,3,5H2,(H2,15,16,17)/t7-,8-,9-,11-/m1/s1. The topological polar surface area (TPSA) is 128 Å². The number of rotatable bonds is 4. The molecule has 1 fully saturated rings. The van der Waals surface area contributed by atoms with Crippen molar-refractivity contribution < 1.29 is 19.3 Å². The van der Waals surface area contributed by atoms with Gasteiger partial charge in [0.2, 0.25) is 5.95 Å². The largest absolute Gasteiger partial charge is 0.394 e. The minimum Gasteiger partial charge on any atom is -0.394 e. The number of aromatic nitrogens is 4. The molecule has 0 saturated carbocycles. The zero-order valence-corrected chi connectivity index (χ0v) is 12.0. The van der Waals surface area contributed by atoms with Gasteiger partial charge in [-0.1, -0.05) is 6.08 Å². The van der Waals surface area contributed by atoms with Gasteiger partial charge in [-0.05, 0) is 0 Å². The number of allylic oxidation sites excluding steroid dienone is 1. The minimum absolute atomic E-state index is 0.0787. The molecule has 1 aliphatic rings. The van der Waals surface area contributed by atoms with E-state index in [9.17, 15) is 14.3 Å². The average molecular weight is 325 g/mol. The molecule has 3 heterocycles. The number of anilines is 1. The number of hydrogen-bond acceptors (Lipinski definition) is 7.